The highest BCUT2D eigenvalue weighted by molar-refractivity contribution is 6.17. The zero-order chi connectivity index (χ0) is 99.1. The van der Waals surface area contributed by atoms with Crippen LogP contribution in [0.1, 0.15) is 0 Å². The fraction of sp³-hybridized carbons (Fsp3) is 0. The number of rotatable bonds is 15. The maximum absolute atomic E-state index is 5.33. The molecule has 0 spiro atoms. The van der Waals surface area contributed by atoms with Crippen LogP contribution in [0, 0.1) is 0 Å². The Morgan fingerprint density at radius 2 is 0.373 bits per heavy atom. The molecule has 0 bridgehead atoms. The number of aromatic nitrogens is 9. The van der Waals surface area contributed by atoms with Gasteiger partial charge in [-0.05, 0) is 295 Å². The zero-order valence-corrected chi connectivity index (χ0v) is 81.7. The summed E-state index contributed by atoms with van der Waals surface area (Å²) < 4.78 is 14.2. The average Bonchev–Trinajstić information content (AvgIpc) is 1.58. The number of fused-ring (bicyclic) bond motifs is 18. The van der Waals surface area contributed by atoms with Crippen LogP contribution >= 0.6 is 0 Å². The lowest BCUT2D eigenvalue weighted by Crippen LogP contribution is -1.96. The summed E-state index contributed by atoms with van der Waals surface area (Å²) in [6.07, 6.45) is 5.76. The third-order valence-corrected chi connectivity index (χ3v) is 29.8. The van der Waals surface area contributed by atoms with Gasteiger partial charge in [0, 0.05) is 112 Å². The van der Waals surface area contributed by atoms with E-state index < -0.39 is 0 Å². The Bertz CT molecular complexity index is 9310. The van der Waals surface area contributed by atoms with Gasteiger partial charge in [-0.1, -0.05) is 340 Å². The third kappa shape index (κ3) is 15.5. The number of nitrogens with zero attached hydrogens (tertiary/aromatic N) is 9. The standard InChI is InChI=1S/3C47H31N3/c1-4-14-32(15-5-1)35-28-36(33-16-6-2-7-17-33)30-38(29-35)50-43-22-12-10-20-39(43)41-31-34(24-26-45(41)50)42-25-27-46-47(48-42)40-21-11-13-23-44(40)49(46)37-18-8-3-9-19-37;1-4-13-32(14-5-1)36-27-37(33-15-6-2-7-16-33)29-39(28-36)50-43-20-11-10-19-40(43)41-30-34(22-24-44(41)50)35-23-25-45-42(31-35)47-46(21-12-26-48-47)49(45)38-17-8-3-9-18-38;1-4-12-32(13-5-1)36-26-37(33-14-6-2-7-15-33)28-39(27-36)50-44-19-11-10-18-40(44)41-29-34(20-22-45(41)50)35-21-23-46-42(30-35)43-31-48-25-24-47(43)49(46)38-16-8-3-9-17-38/h3*1-31H. The van der Waals surface area contributed by atoms with E-state index in [0.29, 0.717) is 0 Å². The molecule has 0 saturated heterocycles. The van der Waals surface area contributed by atoms with Crippen LogP contribution in [-0.2, 0) is 0 Å². The maximum atomic E-state index is 5.33. The summed E-state index contributed by atoms with van der Waals surface area (Å²) >= 11 is 0. The van der Waals surface area contributed by atoms with Crippen molar-refractivity contribution in [2.75, 3.05) is 0 Å². The summed E-state index contributed by atoms with van der Waals surface area (Å²) in [5, 5.41) is 12.0. The normalized spacial score (nSPS) is 11.6. The summed E-state index contributed by atoms with van der Waals surface area (Å²) in [4.78, 5) is 14.7. The second-order valence-corrected chi connectivity index (χ2v) is 38.6. The second kappa shape index (κ2) is 37.2. The molecule has 0 amide bonds. The van der Waals surface area contributed by atoms with Crippen LogP contribution in [0.4, 0.5) is 0 Å². The highest BCUT2D eigenvalue weighted by atomic mass is 15.0. The molecular weight excluding hydrogens is 1820 g/mol. The number of para-hydroxylation sites is 7. The SMILES string of the molecule is c1ccc(-c2cc(-c3ccccc3)cc(-n3c4ccccc4c4cc(-c5ccc6c(c5)c5cnccc5n6-c5ccccc5)ccc43)c2)cc1.c1ccc(-c2cc(-c3ccccc3)cc(-n3c4ccccc4c4cc(-c5ccc6c(c5)c5ncccc5n6-c5ccccc5)ccc43)c2)cc1.c1ccc(-c2cc(-c3ccccc3)cc(-n3c4ccccc4c4cc(-c5ccc6c(n5)c5ccccc5n6-c5ccccc5)ccc43)c2)cc1. The molecule has 0 atom stereocenters. The van der Waals surface area contributed by atoms with Gasteiger partial charge in [0.15, 0.2) is 0 Å². The van der Waals surface area contributed by atoms with Crippen molar-refractivity contribution >= 4 is 131 Å². The van der Waals surface area contributed by atoms with Crippen molar-refractivity contribution < 1.29 is 0 Å². The first-order valence-electron chi connectivity index (χ1n) is 51.1. The van der Waals surface area contributed by atoms with Crippen molar-refractivity contribution in [3.05, 3.63) is 565 Å². The van der Waals surface area contributed by atoms with Crippen LogP contribution in [0.5, 0.6) is 0 Å². The Balaban J connectivity index is 0.000000108. The zero-order valence-electron chi connectivity index (χ0n) is 81.7. The predicted molar refractivity (Wildman–Crippen MR) is 628 cm³/mol. The Morgan fingerprint density at radius 1 is 0.127 bits per heavy atom. The molecule has 150 heavy (non-hydrogen) atoms. The fourth-order valence-corrected chi connectivity index (χ4v) is 22.9. The van der Waals surface area contributed by atoms with Gasteiger partial charge < -0.3 is 27.4 Å². The van der Waals surface area contributed by atoms with Crippen molar-refractivity contribution in [2.45, 2.75) is 0 Å². The highest BCUT2D eigenvalue weighted by Gasteiger charge is 2.25. The van der Waals surface area contributed by atoms with Gasteiger partial charge in [-0.3, -0.25) is 9.97 Å². The minimum Gasteiger partial charge on any atom is -0.309 e. The second-order valence-electron chi connectivity index (χ2n) is 38.6. The minimum absolute atomic E-state index is 0.963. The first-order chi connectivity index (χ1) is 74.4. The number of hydrogen-bond donors (Lipinski definition) is 0. The lowest BCUT2D eigenvalue weighted by Gasteiger charge is -2.14. The third-order valence-electron chi connectivity index (χ3n) is 29.8. The first-order valence-corrected chi connectivity index (χ1v) is 51.1. The summed E-state index contributed by atoms with van der Waals surface area (Å²) in [6, 6.07) is 196. The molecule has 21 aromatic carbocycles. The van der Waals surface area contributed by atoms with E-state index in [1.807, 2.05) is 24.7 Å². The first kappa shape index (κ1) is 87.6. The van der Waals surface area contributed by atoms with Gasteiger partial charge in [-0.15, -0.1) is 0 Å². The van der Waals surface area contributed by atoms with Gasteiger partial charge in [0.1, 0.15) is 0 Å². The Hall–Kier alpha value is -20.1. The lowest BCUT2D eigenvalue weighted by atomic mass is 9.98. The molecule has 9 heteroatoms. The molecule has 702 valence electrons. The van der Waals surface area contributed by atoms with Crippen molar-refractivity contribution in [1.82, 2.24) is 42.4 Å². The average molecular weight is 1910 g/mol. The Labute approximate surface area is 866 Å². The van der Waals surface area contributed by atoms with E-state index in [0.717, 1.165) is 100 Å². The minimum atomic E-state index is 0.963. The molecule has 0 unspecified atom stereocenters. The number of benzene rings is 21. The van der Waals surface area contributed by atoms with Crippen LogP contribution in [0.2, 0.25) is 0 Å². The van der Waals surface area contributed by atoms with Crippen LogP contribution < -0.4 is 0 Å². The van der Waals surface area contributed by atoms with Crippen LogP contribution in [0.15, 0.2) is 565 Å². The monoisotopic (exact) mass is 1910 g/mol. The van der Waals surface area contributed by atoms with Gasteiger partial charge in [0.25, 0.3) is 0 Å². The summed E-state index contributed by atoms with van der Waals surface area (Å²) in [6.45, 7) is 0. The van der Waals surface area contributed by atoms with E-state index in [1.54, 1.807) is 0 Å². The van der Waals surface area contributed by atoms with E-state index in [2.05, 4.69) is 572 Å². The predicted octanol–water partition coefficient (Wildman–Crippen LogP) is 36.8. The van der Waals surface area contributed by atoms with E-state index in [1.165, 1.54) is 165 Å². The molecule has 0 aliphatic heterocycles. The van der Waals surface area contributed by atoms with E-state index in [4.69, 9.17) is 9.97 Å². The van der Waals surface area contributed by atoms with Gasteiger partial charge in [-0.2, -0.15) is 0 Å². The van der Waals surface area contributed by atoms with Gasteiger partial charge in [0.05, 0.1) is 82.9 Å². The molecule has 30 rings (SSSR count). The highest BCUT2D eigenvalue weighted by Crippen LogP contribution is 2.47. The van der Waals surface area contributed by atoms with Crippen molar-refractivity contribution in [1.29, 1.82) is 0 Å². The topological polar surface area (TPSA) is 68.2 Å². The van der Waals surface area contributed by atoms with Crippen molar-refractivity contribution in [3.8, 4) is 134 Å². The Morgan fingerprint density at radius 3 is 0.733 bits per heavy atom. The molecule has 0 saturated carbocycles. The Kier molecular flexibility index (Phi) is 21.8. The van der Waals surface area contributed by atoms with Crippen LogP contribution in [0.3, 0.4) is 0 Å². The summed E-state index contributed by atoms with van der Waals surface area (Å²) in [5.41, 5.74) is 44.0. The van der Waals surface area contributed by atoms with Gasteiger partial charge in [0.2, 0.25) is 0 Å². The van der Waals surface area contributed by atoms with Crippen LogP contribution in [-0.4, -0.2) is 42.4 Å². The van der Waals surface area contributed by atoms with E-state index in [-0.39, 0.29) is 0 Å². The number of hydrogen-bond acceptors (Lipinski definition) is 3. The molecule has 9 heterocycles. The summed E-state index contributed by atoms with van der Waals surface area (Å²) in [5.74, 6) is 0. The molecule has 0 fully saturated rings. The molecule has 0 aliphatic rings. The maximum Gasteiger partial charge on any atom is 0.0970 e. The largest absolute Gasteiger partial charge is 0.309 e. The fourth-order valence-electron chi connectivity index (χ4n) is 22.9. The molecule has 9 nitrogen and oxygen atoms in total. The van der Waals surface area contributed by atoms with Gasteiger partial charge in [-0.25, -0.2) is 4.98 Å². The molecule has 0 radical (unpaired) electrons. The number of pyridine rings is 3. The molecule has 0 N–H and O–H groups in total. The lowest BCUT2D eigenvalue weighted by molar-refractivity contribution is 1.17. The van der Waals surface area contributed by atoms with Gasteiger partial charge >= 0.3 is 0 Å². The van der Waals surface area contributed by atoms with Crippen LogP contribution in [0.25, 0.3) is 265 Å². The van der Waals surface area contributed by atoms with E-state index >= 15 is 0 Å². The summed E-state index contributed by atoms with van der Waals surface area (Å²) in [7, 11) is 0. The van der Waals surface area contributed by atoms with Crippen molar-refractivity contribution in [2.24, 2.45) is 0 Å². The molecule has 30 aromatic rings. The molecule has 9 aromatic heterocycles. The quantitative estimate of drug-likeness (QED) is 0.103. The molecule has 0 aliphatic carbocycles. The smallest absolute Gasteiger partial charge is 0.0970 e. The molecular formula is C141H93N9. The van der Waals surface area contributed by atoms with E-state index in [9.17, 15) is 0 Å². The van der Waals surface area contributed by atoms with Crippen molar-refractivity contribution in [3.63, 3.8) is 0 Å².